The Hall–Kier alpha value is -3.54. The SMILES string of the molecule is CCOC(=O)N1CCN(c2ccnc3[nH]c(-c4cnn(CC(C)C#N)c4)cc23)CC1. The van der Waals surface area contributed by atoms with Gasteiger partial charge in [-0.05, 0) is 26.0 Å². The molecule has 1 saturated heterocycles. The van der Waals surface area contributed by atoms with E-state index in [9.17, 15) is 4.79 Å². The molecule has 0 bridgehead atoms. The molecular weight excluding hydrogens is 382 g/mol. The van der Waals surface area contributed by atoms with Gasteiger partial charge < -0.3 is 19.5 Å². The number of amides is 1. The molecule has 1 aliphatic heterocycles. The summed E-state index contributed by atoms with van der Waals surface area (Å²) >= 11 is 0. The normalized spacial score (nSPS) is 15.2. The summed E-state index contributed by atoms with van der Waals surface area (Å²) in [6.07, 6.45) is 5.29. The first-order valence-corrected chi connectivity index (χ1v) is 10.2. The van der Waals surface area contributed by atoms with Gasteiger partial charge in [0.2, 0.25) is 0 Å². The predicted octanol–water partition coefficient (Wildman–Crippen LogP) is 2.86. The number of hydrogen-bond acceptors (Lipinski definition) is 6. The first-order valence-electron chi connectivity index (χ1n) is 10.2. The van der Waals surface area contributed by atoms with E-state index in [1.807, 2.05) is 26.1 Å². The molecule has 1 N–H and O–H groups in total. The van der Waals surface area contributed by atoms with Crippen molar-refractivity contribution in [3.05, 3.63) is 30.7 Å². The Labute approximate surface area is 174 Å². The van der Waals surface area contributed by atoms with Crippen molar-refractivity contribution in [3.63, 3.8) is 0 Å². The van der Waals surface area contributed by atoms with Crippen molar-refractivity contribution in [2.75, 3.05) is 37.7 Å². The summed E-state index contributed by atoms with van der Waals surface area (Å²) in [6.45, 7) is 7.38. The molecule has 1 aliphatic rings. The Bertz CT molecular complexity index is 1070. The number of nitriles is 1. The molecule has 4 rings (SSSR count). The molecule has 1 amide bonds. The molecule has 30 heavy (non-hydrogen) atoms. The highest BCUT2D eigenvalue weighted by Crippen LogP contribution is 2.30. The van der Waals surface area contributed by atoms with Crippen LogP contribution in [0.1, 0.15) is 13.8 Å². The maximum Gasteiger partial charge on any atom is 0.409 e. The van der Waals surface area contributed by atoms with E-state index in [1.165, 1.54) is 0 Å². The molecule has 1 unspecified atom stereocenters. The zero-order valence-corrected chi connectivity index (χ0v) is 17.2. The van der Waals surface area contributed by atoms with Crippen molar-refractivity contribution >= 4 is 22.8 Å². The molecule has 9 heteroatoms. The predicted molar refractivity (Wildman–Crippen MR) is 113 cm³/mol. The average molecular weight is 407 g/mol. The second-order valence-electron chi connectivity index (χ2n) is 7.43. The maximum absolute atomic E-state index is 11.9. The minimum Gasteiger partial charge on any atom is -0.450 e. The summed E-state index contributed by atoms with van der Waals surface area (Å²) in [5.74, 6) is -0.0954. The van der Waals surface area contributed by atoms with Gasteiger partial charge in [0.05, 0.1) is 37.0 Å². The van der Waals surface area contributed by atoms with Crippen molar-refractivity contribution in [2.45, 2.75) is 20.4 Å². The fourth-order valence-electron chi connectivity index (χ4n) is 3.71. The van der Waals surface area contributed by atoms with Gasteiger partial charge in [-0.2, -0.15) is 10.4 Å². The summed E-state index contributed by atoms with van der Waals surface area (Å²) in [6, 6.07) is 6.33. The second kappa shape index (κ2) is 8.45. The summed E-state index contributed by atoms with van der Waals surface area (Å²) < 4.78 is 6.90. The largest absolute Gasteiger partial charge is 0.450 e. The molecule has 1 atom stereocenters. The van der Waals surface area contributed by atoms with Gasteiger partial charge in [0, 0.05) is 55.2 Å². The van der Waals surface area contributed by atoms with Crippen LogP contribution in [-0.2, 0) is 11.3 Å². The summed E-state index contributed by atoms with van der Waals surface area (Å²) in [5, 5.41) is 14.4. The van der Waals surface area contributed by atoms with Gasteiger partial charge in [-0.3, -0.25) is 4.68 Å². The molecule has 0 saturated carbocycles. The molecule has 0 aromatic carbocycles. The van der Waals surface area contributed by atoms with Crippen LogP contribution >= 0.6 is 0 Å². The lowest BCUT2D eigenvalue weighted by Crippen LogP contribution is -2.49. The number of piperazine rings is 1. The van der Waals surface area contributed by atoms with E-state index in [0.717, 1.165) is 41.1 Å². The Balaban J connectivity index is 1.54. The maximum atomic E-state index is 11.9. The molecular formula is C21H25N7O2. The first-order chi connectivity index (χ1) is 14.6. The van der Waals surface area contributed by atoms with Gasteiger partial charge in [-0.15, -0.1) is 0 Å². The second-order valence-corrected chi connectivity index (χ2v) is 7.43. The van der Waals surface area contributed by atoms with E-state index in [-0.39, 0.29) is 12.0 Å². The van der Waals surface area contributed by atoms with Crippen LogP contribution in [0.25, 0.3) is 22.3 Å². The summed E-state index contributed by atoms with van der Waals surface area (Å²) in [5.41, 5.74) is 3.80. The number of H-pyrrole nitrogens is 1. The van der Waals surface area contributed by atoms with Crippen molar-refractivity contribution < 1.29 is 9.53 Å². The third-order valence-electron chi connectivity index (χ3n) is 5.28. The molecule has 0 aliphatic carbocycles. The number of nitrogens with zero attached hydrogens (tertiary/aromatic N) is 6. The summed E-state index contributed by atoms with van der Waals surface area (Å²) in [4.78, 5) is 23.8. The van der Waals surface area contributed by atoms with Crippen molar-refractivity contribution in [3.8, 4) is 17.3 Å². The van der Waals surface area contributed by atoms with Crippen LogP contribution in [0.5, 0.6) is 0 Å². The molecule has 4 heterocycles. The van der Waals surface area contributed by atoms with Gasteiger partial charge in [-0.1, -0.05) is 0 Å². The standard InChI is InChI=1S/C21H25N7O2/c1-3-30-21(29)27-8-6-26(7-9-27)19-4-5-23-20-17(19)10-18(25-20)16-12-24-28(14-16)13-15(2)11-22/h4-5,10,12,14-15H,3,6-9,13H2,1-2H3,(H,23,25). The molecule has 3 aromatic rings. The number of fused-ring (bicyclic) bond motifs is 1. The third kappa shape index (κ3) is 3.94. The van der Waals surface area contributed by atoms with E-state index in [1.54, 1.807) is 22.0 Å². The number of rotatable bonds is 5. The molecule has 0 radical (unpaired) electrons. The zero-order chi connectivity index (χ0) is 21.1. The van der Waals surface area contributed by atoms with Crippen LogP contribution in [0.3, 0.4) is 0 Å². The quantitative estimate of drug-likeness (QED) is 0.698. The topological polar surface area (TPSA) is 103 Å². The highest BCUT2D eigenvalue weighted by atomic mass is 16.6. The Morgan fingerprint density at radius 1 is 1.37 bits per heavy atom. The number of ether oxygens (including phenoxy) is 1. The number of aromatic amines is 1. The summed E-state index contributed by atoms with van der Waals surface area (Å²) in [7, 11) is 0. The van der Waals surface area contributed by atoms with Crippen LogP contribution < -0.4 is 4.90 Å². The Kier molecular flexibility index (Phi) is 5.57. The smallest absolute Gasteiger partial charge is 0.409 e. The number of hydrogen-bond donors (Lipinski definition) is 1. The van der Waals surface area contributed by atoms with E-state index in [4.69, 9.17) is 10.00 Å². The van der Waals surface area contributed by atoms with Crippen LogP contribution in [0, 0.1) is 17.2 Å². The number of nitrogens with one attached hydrogen (secondary N) is 1. The van der Waals surface area contributed by atoms with Gasteiger partial charge in [-0.25, -0.2) is 9.78 Å². The Morgan fingerprint density at radius 2 is 2.17 bits per heavy atom. The molecule has 9 nitrogen and oxygen atoms in total. The molecule has 1 fully saturated rings. The lowest BCUT2D eigenvalue weighted by Gasteiger charge is -2.35. The van der Waals surface area contributed by atoms with E-state index < -0.39 is 0 Å². The van der Waals surface area contributed by atoms with Crippen molar-refractivity contribution in [1.29, 1.82) is 5.26 Å². The van der Waals surface area contributed by atoms with Crippen LogP contribution in [0.2, 0.25) is 0 Å². The first kappa shape index (κ1) is 19.8. The van der Waals surface area contributed by atoms with E-state index in [2.05, 4.69) is 32.1 Å². The van der Waals surface area contributed by atoms with Gasteiger partial charge in [0.25, 0.3) is 0 Å². The van der Waals surface area contributed by atoms with Crippen LogP contribution in [0.4, 0.5) is 10.5 Å². The van der Waals surface area contributed by atoms with E-state index >= 15 is 0 Å². The van der Waals surface area contributed by atoms with Crippen molar-refractivity contribution in [1.82, 2.24) is 24.6 Å². The third-order valence-corrected chi connectivity index (χ3v) is 5.28. The molecule has 156 valence electrons. The van der Waals surface area contributed by atoms with E-state index in [0.29, 0.717) is 26.2 Å². The Morgan fingerprint density at radius 3 is 2.90 bits per heavy atom. The highest BCUT2D eigenvalue weighted by Gasteiger charge is 2.23. The highest BCUT2D eigenvalue weighted by molar-refractivity contribution is 5.93. The fourth-order valence-corrected chi connectivity index (χ4v) is 3.71. The zero-order valence-electron chi connectivity index (χ0n) is 17.2. The minimum absolute atomic E-state index is 0.0954. The lowest BCUT2D eigenvalue weighted by molar-refractivity contribution is 0.105. The number of aromatic nitrogens is 4. The van der Waals surface area contributed by atoms with Crippen LogP contribution in [-0.4, -0.2) is 63.5 Å². The molecule has 3 aromatic heterocycles. The number of carbonyl (C=O) groups is 1. The fraction of sp³-hybridized carbons (Fsp3) is 0.429. The molecule has 0 spiro atoms. The van der Waals surface area contributed by atoms with Gasteiger partial charge in [0.1, 0.15) is 5.65 Å². The number of pyridine rings is 1. The number of carbonyl (C=O) groups excluding carboxylic acids is 1. The minimum atomic E-state index is -0.247. The lowest BCUT2D eigenvalue weighted by atomic mass is 10.2. The van der Waals surface area contributed by atoms with Crippen LogP contribution in [0.15, 0.2) is 30.7 Å². The number of anilines is 1. The average Bonchev–Trinajstić information content (AvgIpc) is 3.40. The van der Waals surface area contributed by atoms with Crippen molar-refractivity contribution in [2.24, 2.45) is 5.92 Å². The monoisotopic (exact) mass is 407 g/mol. The van der Waals surface area contributed by atoms with Gasteiger partial charge in [0.15, 0.2) is 0 Å². The van der Waals surface area contributed by atoms with Gasteiger partial charge >= 0.3 is 6.09 Å².